The molecule has 1 saturated heterocycles. The number of aromatic hydroxyl groups is 1. The summed E-state index contributed by atoms with van der Waals surface area (Å²) < 4.78 is 16.1. The second kappa shape index (κ2) is 11.9. The number of nitrogens with zero attached hydrogens (tertiary/aromatic N) is 2. The van der Waals surface area contributed by atoms with Crippen molar-refractivity contribution in [3.8, 4) is 17.2 Å². The van der Waals surface area contributed by atoms with Gasteiger partial charge in [-0.2, -0.15) is 0 Å². The number of hydrogen-bond acceptors (Lipinski definition) is 6. The maximum absolute atomic E-state index is 10.1. The molecule has 166 valence electrons. The Morgan fingerprint density at radius 2 is 1.87 bits per heavy atom. The zero-order valence-electron chi connectivity index (χ0n) is 17.7. The third kappa shape index (κ3) is 5.94. The molecule has 0 saturated carbocycles. The van der Waals surface area contributed by atoms with E-state index >= 15 is 0 Å². The van der Waals surface area contributed by atoms with Crippen molar-refractivity contribution in [3.05, 3.63) is 41.9 Å². The highest BCUT2D eigenvalue weighted by Crippen LogP contribution is 2.37. The van der Waals surface area contributed by atoms with Gasteiger partial charge in [-0.05, 0) is 55.8 Å². The van der Waals surface area contributed by atoms with Crippen molar-refractivity contribution >= 4 is 29.9 Å². The smallest absolute Gasteiger partial charge is 0.200 e. The van der Waals surface area contributed by atoms with Crippen LogP contribution in [0.25, 0.3) is 0 Å². The summed E-state index contributed by atoms with van der Waals surface area (Å²) in [7, 11) is 4.77. The van der Waals surface area contributed by atoms with Crippen LogP contribution in [0.3, 0.4) is 0 Å². The first kappa shape index (κ1) is 24.1. The summed E-state index contributed by atoms with van der Waals surface area (Å²) in [5, 5.41) is 16.8. The van der Waals surface area contributed by atoms with Gasteiger partial charge in [-0.3, -0.25) is 9.89 Å². The molecule has 1 aromatic heterocycles. The molecule has 0 aliphatic carbocycles. The average molecular weight is 530 g/mol. The van der Waals surface area contributed by atoms with Crippen LogP contribution in [0.4, 0.5) is 0 Å². The fourth-order valence-corrected chi connectivity index (χ4v) is 3.59. The average Bonchev–Trinajstić information content (AvgIpc) is 3.46. The summed E-state index contributed by atoms with van der Waals surface area (Å²) in [5.41, 5.74) is 0.904. The van der Waals surface area contributed by atoms with Crippen LogP contribution in [0.5, 0.6) is 17.2 Å². The number of nitrogens with one attached hydrogen (secondary N) is 2. The maximum Gasteiger partial charge on any atom is 0.200 e. The van der Waals surface area contributed by atoms with Crippen molar-refractivity contribution in [1.82, 2.24) is 15.5 Å². The van der Waals surface area contributed by atoms with Crippen LogP contribution in [-0.4, -0.2) is 56.9 Å². The zero-order valence-corrected chi connectivity index (χ0v) is 20.0. The van der Waals surface area contributed by atoms with Gasteiger partial charge in [0.2, 0.25) is 5.75 Å². The number of hydrogen-bond donors (Lipinski definition) is 3. The Labute approximate surface area is 194 Å². The maximum atomic E-state index is 10.1. The first-order valence-corrected chi connectivity index (χ1v) is 9.82. The molecule has 0 radical (unpaired) electrons. The van der Waals surface area contributed by atoms with E-state index in [0.29, 0.717) is 30.5 Å². The Bertz CT molecular complexity index is 782. The van der Waals surface area contributed by atoms with E-state index < -0.39 is 0 Å². The van der Waals surface area contributed by atoms with E-state index in [1.54, 1.807) is 25.4 Å². The molecule has 30 heavy (non-hydrogen) atoms. The SMILES string of the molecule is CN=C(NCc1cc(OC)c(O)c(OC)c1)NCC(c1ccco1)N1CCCC1.I. The number of guanidine groups is 1. The molecule has 0 bridgehead atoms. The molecule has 2 aromatic rings. The third-order valence-electron chi connectivity index (χ3n) is 5.14. The number of rotatable bonds is 8. The van der Waals surface area contributed by atoms with Crippen molar-refractivity contribution in [2.24, 2.45) is 4.99 Å². The number of methoxy groups -OCH3 is 2. The predicted octanol–water partition coefficient (Wildman–Crippen LogP) is 3.12. The van der Waals surface area contributed by atoms with E-state index in [1.165, 1.54) is 27.1 Å². The van der Waals surface area contributed by atoms with E-state index in [-0.39, 0.29) is 35.8 Å². The number of benzene rings is 1. The van der Waals surface area contributed by atoms with Crippen LogP contribution in [0.2, 0.25) is 0 Å². The highest BCUT2D eigenvalue weighted by atomic mass is 127. The minimum atomic E-state index is -0.00633. The molecule has 1 aromatic carbocycles. The molecule has 2 heterocycles. The number of furan rings is 1. The summed E-state index contributed by atoms with van der Waals surface area (Å²) in [4.78, 5) is 6.76. The molecular weight excluding hydrogens is 499 g/mol. The number of aliphatic imine (C=N–C) groups is 1. The fourth-order valence-electron chi connectivity index (χ4n) is 3.59. The van der Waals surface area contributed by atoms with Crippen molar-refractivity contribution in [3.63, 3.8) is 0 Å². The van der Waals surface area contributed by atoms with Gasteiger partial charge in [0.25, 0.3) is 0 Å². The van der Waals surface area contributed by atoms with E-state index in [0.717, 1.165) is 24.4 Å². The minimum absolute atomic E-state index is 0. The molecule has 9 heteroatoms. The standard InChI is InChI=1S/C21H30N4O4.HI/c1-22-21(23-13-15-11-18(27-2)20(26)19(12-15)28-3)24-14-16(17-7-6-10-29-17)25-8-4-5-9-25;/h6-7,10-12,16,26H,4-5,8-9,13-14H2,1-3H3,(H2,22,23,24);1H. The Hall–Kier alpha value is -2.14. The summed E-state index contributed by atoms with van der Waals surface area (Å²) in [6, 6.07) is 7.66. The van der Waals surface area contributed by atoms with Gasteiger partial charge in [-0.15, -0.1) is 24.0 Å². The van der Waals surface area contributed by atoms with E-state index in [9.17, 15) is 5.11 Å². The minimum Gasteiger partial charge on any atom is -0.502 e. The lowest BCUT2D eigenvalue weighted by molar-refractivity contribution is 0.215. The van der Waals surface area contributed by atoms with E-state index in [2.05, 4.69) is 20.5 Å². The lowest BCUT2D eigenvalue weighted by Crippen LogP contribution is -2.42. The second-order valence-corrected chi connectivity index (χ2v) is 6.93. The molecule has 1 fully saturated rings. The highest BCUT2D eigenvalue weighted by molar-refractivity contribution is 14.0. The number of ether oxygens (including phenoxy) is 2. The zero-order chi connectivity index (χ0) is 20.6. The number of likely N-dealkylation sites (tertiary alicyclic amines) is 1. The van der Waals surface area contributed by atoms with Crippen LogP contribution in [-0.2, 0) is 6.54 Å². The summed E-state index contributed by atoms with van der Waals surface area (Å²) >= 11 is 0. The largest absolute Gasteiger partial charge is 0.502 e. The molecule has 3 rings (SSSR count). The number of phenols is 1. The van der Waals surface area contributed by atoms with Crippen LogP contribution >= 0.6 is 24.0 Å². The van der Waals surface area contributed by atoms with Crippen molar-refractivity contribution in [2.45, 2.75) is 25.4 Å². The normalized spacial score (nSPS) is 15.4. The molecular formula is C21H31IN4O4. The van der Waals surface area contributed by atoms with Gasteiger partial charge in [0.15, 0.2) is 17.5 Å². The van der Waals surface area contributed by atoms with Crippen LogP contribution < -0.4 is 20.1 Å². The van der Waals surface area contributed by atoms with Crippen LogP contribution in [0, 0.1) is 0 Å². The highest BCUT2D eigenvalue weighted by Gasteiger charge is 2.25. The number of phenolic OH excluding ortho intramolecular Hbond substituents is 1. The predicted molar refractivity (Wildman–Crippen MR) is 127 cm³/mol. The molecule has 1 atom stereocenters. The number of halogens is 1. The molecule has 8 nitrogen and oxygen atoms in total. The van der Waals surface area contributed by atoms with Crippen molar-refractivity contribution in [2.75, 3.05) is 40.9 Å². The molecule has 0 amide bonds. The third-order valence-corrected chi connectivity index (χ3v) is 5.14. The molecule has 1 aliphatic heterocycles. The quantitative estimate of drug-likeness (QED) is 0.275. The summed E-state index contributed by atoms with van der Waals surface area (Å²) in [5.74, 6) is 2.38. The second-order valence-electron chi connectivity index (χ2n) is 6.93. The topological polar surface area (TPSA) is 91.5 Å². The summed E-state index contributed by atoms with van der Waals surface area (Å²) in [6.45, 7) is 3.34. The Balaban J connectivity index is 0.00000320. The van der Waals surface area contributed by atoms with Gasteiger partial charge >= 0.3 is 0 Å². The van der Waals surface area contributed by atoms with Crippen molar-refractivity contribution < 1.29 is 19.0 Å². The van der Waals surface area contributed by atoms with E-state index in [4.69, 9.17) is 13.9 Å². The first-order valence-electron chi connectivity index (χ1n) is 9.82. The summed E-state index contributed by atoms with van der Waals surface area (Å²) in [6.07, 6.45) is 4.15. The lowest BCUT2D eigenvalue weighted by Gasteiger charge is -2.26. The van der Waals surface area contributed by atoms with Crippen molar-refractivity contribution in [1.29, 1.82) is 0 Å². The Morgan fingerprint density at radius 3 is 2.40 bits per heavy atom. The molecule has 1 unspecified atom stereocenters. The fraction of sp³-hybridized carbons (Fsp3) is 0.476. The van der Waals surface area contributed by atoms with Gasteiger partial charge < -0.3 is 29.6 Å². The van der Waals surface area contributed by atoms with Gasteiger partial charge in [0.05, 0.1) is 26.5 Å². The van der Waals surface area contributed by atoms with Gasteiger partial charge in [-0.25, -0.2) is 0 Å². The molecule has 0 spiro atoms. The van der Waals surface area contributed by atoms with Gasteiger partial charge in [-0.1, -0.05) is 0 Å². The Morgan fingerprint density at radius 1 is 1.20 bits per heavy atom. The lowest BCUT2D eigenvalue weighted by atomic mass is 10.2. The van der Waals surface area contributed by atoms with E-state index in [1.807, 2.05) is 12.1 Å². The monoisotopic (exact) mass is 530 g/mol. The van der Waals surface area contributed by atoms with Gasteiger partial charge in [0, 0.05) is 20.1 Å². The Kier molecular flexibility index (Phi) is 9.57. The molecule has 1 aliphatic rings. The van der Waals surface area contributed by atoms with Crippen LogP contribution in [0.1, 0.15) is 30.2 Å². The van der Waals surface area contributed by atoms with Gasteiger partial charge in [0.1, 0.15) is 5.76 Å². The van der Waals surface area contributed by atoms with Crippen LogP contribution in [0.15, 0.2) is 39.9 Å². The first-order chi connectivity index (χ1) is 14.2. The molecule has 3 N–H and O–H groups in total.